The van der Waals surface area contributed by atoms with Gasteiger partial charge in [-0.2, -0.15) is 0 Å². The predicted molar refractivity (Wildman–Crippen MR) is 80.9 cm³/mol. The number of amides is 1. The number of nitrogens with one attached hydrogen (secondary N) is 1. The van der Waals surface area contributed by atoms with Crippen molar-refractivity contribution in [2.75, 3.05) is 12.9 Å². The van der Waals surface area contributed by atoms with E-state index in [2.05, 4.69) is 5.32 Å². The molecule has 4 unspecified atom stereocenters. The van der Waals surface area contributed by atoms with Gasteiger partial charge >= 0.3 is 0 Å². The van der Waals surface area contributed by atoms with Gasteiger partial charge in [0.05, 0.1) is 0 Å². The Morgan fingerprint density at radius 1 is 1.30 bits per heavy atom. The molecule has 2 N–H and O–H groups in total. The number of aliphatic hydroxyl groups excluding tert-OH is 1. The normalized spacial score (nSPS) is 31.5. The number of carbonyl (C=O) groups excluding carboxylic acids is 1. The third kappa shape index (κ3) is 2.47. The SMILES string of the molecule is CSc1ccc(C(=O)NC2C3CCC(C3)C2CO)cc1. The van der Waals surface area contributed by atoms with Gasteiger partial charge in [-0.25, -0.2) is 0 Å². The Balaban J connectivity index is 1.69. The summed E-state index contributed by atoms with van der Waals surface area (Å²) in [7, 11) is 0. The number of hydrogen-bond donors (Lipinski definition) is 2. The summed E-state index contributed by atoms with van der Waals surface area (Å²) in [6.07, 6.45) is 5.60. The van der Waals surface area contributed by atoms with Gasteiger partial charge in [-0.3, -0.25) is 4.79 Å². The Hall–Kier alpha value is -1.00. The van der Waals surface area contributed by atoms with E-state index in [0.717, 1.165) is 4.90 Å². The van der Waals surface area contributed by atoms with Crippen molar-refractivity contribution in [1.82, 2.24) is 5.32 Å². The van der Waals surface area contributed by atoms with E-state index >= 15 is 0 Å². The molecule has 2 fully saturated rings. The molecule has 2 saturated carbocycles. The first-order valence-corrected chi connectivity index (χ1v) is 8.51. The average Bonchev–Trinajstić information content (AvgIpc) is 3.08. The first-order valence-electron chi connectivity index (χ1n) is 7.28. The zero-order valence-corrected chi connectivity index (χ0v) is 12.5. The predicted octanol–water partition coefficient (Wildman–Crippen LogP) is 2.55. The number of benzene rings is 1. The molecule has 0 aromatic heterocycles. The van der Waals surface area contributed by atoms with Crippen LogP contribution in [-0.4, -0.2) is 29.9 Å². The van der Waals surface area contributed by atoms with Crippen molar-refractivity contribution in [3.05, 3.63) is 29.8 Å². The lowest BCUT2D eigenvalue weighted by atomic mass is 9.85. The number of fused-ring (bicyclic) bond motifs is 2. The average molecular weight is 291 g/mol. The highest BCUT2D eigenvalue weighted by Crippen LogP contribution is 2.48. The molecule has 0 radical (unpaired) electrons. The molecule has 2 aliphatic carbocycles. The van der Waals surface area contributed by atoms with Crippen LogP contribution in [0.3, 0.4) is 0 Å². The van der Waals surface area contributed by atoms with Crippen LogP contribution in [0.1, 0.15) is 29.6 Å². The zero-order valence-electron chi connectivity index (χ0n) is 11.7. The number of thioether (sulfide) groups is 1. The van der Waals surface area contributed by atoms with Gasteiger partial charge in [0, 0.05) is 29.0 Å². The van der Waals surface area contributed by atoms with Gasteiger partial charge in [-0.05, 0) is 61.6 Å². The van der Waals surface area contributed by atoms with Crippen molar-refractivity contribution >= 4 is 17.7 Å². The summed E-state index contributed by atoms with van der Waals surface area (Å²) in [5.41, 5.74) is 0.710. The highest BCUT2D eigenvalue weighted by molar-refractivity contribution is 7.98. The van der Waals surface area contributed by atoms with Gasteiger partial charge in [0.15, 0.2) is 0 Å². The fourth-order valence-electron chi connectivity index (χ4n) is 3.88. The van der Waals surface area contributed by atoms with E-state index in [4.69, 9.17) is 0 Å². The maximum Gasteiger partial charge on any atom is 0.251 e. The lowest BCUT2D eigenvalue weighted by molar-refractivity contribution is 0.0861. The third-order valence-electron chi connectivity index (χ3n) is 4.95. The van der Waals surface area contributed by atoms with Gasteiger partial charge in [0.2, 0.25) is 0 Å². The second-order valence-electron chi connectivity index (χ2n) is 5.91. The van der Waals surface area contributed by atoms with Crippen molar-refractivity contribution in [3.63, 3.8) is 0 Å². The largest absolute Gasteiger partial charge is 0.396 e. The highest BCUT2D eigenvalue weighted by atomic mass is 32.2. The van der Waals surface area contributed by atoms with E-state index in [1.165, 1.54) is 19.3 Å². The summed E-state index contributed by atoms with van der Waals surface area (Å²) in [6, 6.07) is 7.87. The van der Waals surface area contributed by atoms with E-state index < -0.39 is 0 Å². The molecule has 3 rings (SSSR count). The third-order valence-corrected chi connectivity index (χ3v) is 5.69. The Labute approximate surface area is 124 Å². The molecule has 0 spiro atoms. The fraction of sp³-hybridized carbons (Fsp3) is 0.562. The molecular weight excluding hydrogens is 270 g/mol. The first-order chi connectivity index (χ1) is 9.72. The molecule has 4 atom stereocenters. The molecule has 0 saturated heterocycles. The fourth-order valence-corrected chi connectivity index (χ4v) is 4.28. The minimum Gasteiger partial charge on any atom is -0.396 e. The molecule has 20 heavy (non-hydrogen) atoms. The smallest absolute Gasteiger partial charge is 0.251 e. The molecule has 4 heteroatoms. The molecule has 1 amide bonds. The summed E-state index contributed by atoms with van der Waals surface area (Å²) in [5, 5.41) is 12.7. The monoisotopic (exact) mass is 291 g/mol. The van der Waals surface area contributed by atoms with Crippen molar-refractivity contribution in [2.45, 2.75) is 30.2 Å². The Morgan fingerprint density at radius 2 is 2.00 bits per heavy atom. The van der Waals surface area contributed by atoms with Gasteiger partial charge in [0.1, 0.15) is 0 Å². The molecular formula is C16H21NO2S. The van der Waals surface area contributed by atoms with Crippen LogP contribution in [-0.2, 0) is 0 Å². The topological polar surface area (TPSA) is 49.3 Å². The van der Waals surface area contributed by atoms with Crippen LogP contribution >= 0.6 is 11.8 Å². The van der Waals surface area contributed by atoms with E-state index in [1.54, 1.807) is 11.8 Å². The van der Waals surface area contributed by atoms with E-state index in [-0.39, 0.29) is 24.5 Å². The van der Waals surface area contributed by atoms with Crippen LogP contribution < -0.4 is 5.32 Å². The zero-order chi connectivity index (χ0) is 14.1. The Bertz CT molecular complexity index is 488. The minimum absolute atomic E-state index is 0.00588. The van der Waals surface area contributed by atoms with Gasteiger partial charge in [0.25, 0.3) is 5.91 Å². The highest BCUT2D eigenvalue weighted by Gasteiger charge is 2.47. The lowest BCUT2D eigenvalue weighted by Crippen LogP contribution is -2.45. The summed E-state index contributed by atoms with van der Waals surface area (Å²) in [5.74, 6) is 1.41. The first kappa shape index (κ1) is 14.0. The number of carbonyl (C=O) groups is 1. The summed E-state index contributed by atoms with van der Waals surface area (Å²) >= 11 is 1.67. The standard InChI is InChI=1S/C16H21NO2S/c1-20-13-6-4-10(5-7-13)16(19)17-15-12-3-2-11(8-12)14(15)9-18/h4-7,11-12,14-15,18H,2-3,8-9H2,1H3,(H,17,19). The van der Waals surface area contributed by atoms with Crippen molar-refractivity contribution < 1.29 is 9.90 Å². The molecule has 0 aliphatic heterocycles. The van der Waals surface area contributed by atoms with Crippen LogP contribution in [0, 0.1) is 17.8 Å². The molecule has 0 heterocycles. The maximum atomic E-state index is 12.3. The van der Waals surface area contributed by atoms with Gasteiger partial charge in [-0.1, -0.05) is 0 Å². The molecule has 2 aliphatic rings. The number of aliphatic hydroxyl groups is 1. The summed E-state index contributed by atoms with van der Waals surface area (Å²) in [4.78, 5) is 13.5. The quantitative estimate of drug-likeness (QED) is 0.838. The van der Waals surface area contributed by atoms with Crippen molar-refractivity contribution in [2.24, 2.45) is 17.8 Å². The second kappa shape index (κ2) is 5.78. The van der Waals surface area contributed by atoms with E-state index in [1.807, 2.05) is 30.5 Å². The van der Waals surface area contributed by atoms with Crippen LogP contribution in [0.15, 0.2) is 29.2 Å². The number of hydrogen-bond acceptors (Lipinski definition) is 3. The van der Waals surface area contributed by atoms with Crippen LogP contribution in [0.25, 0.3) is 0 Å². The Morgan fingerprint density at radius 3 is 2.65 bits per heavy atom. The molecule has 2 bridgehead atoms. The second-order valence-corrected chi connectivity index (χ2v) is 6.79. The van der Waals surface area contributed by atoms with Crippen molar-refractivity contribution in [3.8, 4) is 0 Å². The van der Waals surface area contributed by atoms with E-state index in [0.29, 0.717) is 17.4 Å². The summed E-state index contributed by atoms with van der Waals surface area (Å²) in [6.45, 7) is 0.192. The van der Waals surface area contributed by atoms with Crippen LogP contribution in [0.5, 0.6) is 0 Å². The minimum atomic E-state index is -0.00588. The van der Waals surface area contributed by atoms with Crippen LogP contribution in [0.2, 0.25) is 0 Å². The van der Waals surface area contributed by atoms with Crippen molar-refractivity contribution in [1.29, 1.82) is 0 Å². The molecule has 1 aromatic carbocycles. The molecule has 1 aromatic rings. The maximum absolute atomic E-state index is 12.3. The van der Waals surface area contributed by atoms with Gasteiger partial charge in [-0.15, -0.1) is 11.8 Å². The molecule has 3 nitrogen and oxygen atoms in total. The van der Waals surface area contributed by atoms with Gasteiger partial charge < -0.3 is 10.4 Å². The van der Waals surface area contributed by atoms with E-state index in [9.17, 15) is 9.90 Å². The Kier molecular flexibility index (Phi) is 4.03. The molecule has 108 valence electrons. The lowest BCUT2D eigenvalue weighted by Gasteiger charge is -2.30. The van der Waals surface area contributed by atoms with Crippen LogP contribution in [0.4, 0.5) is 0 Å². The number of rotatable bonds is 4. The summed E-state index contributed by atoms with van der Waals surface area (Å²) < 4.78 is 0.